The van der Waals surface area contributed by atoms with Crippen molar-refractivity contribution in [1.29, 1.82) is 0 Å². The van der Waals surface area contributed by atoms with Gasteiger partial charge in [-0.15, -0.1) is 0 Å². The van der Waals surface area contributed by atoms with Crippen molar-refractivity contribution in [2.24, 2.45) is 5.92 Å². The van der Waals surface area contributed by atoms with Crippen LogP contribution in [-0.4, -0.2) is 18.4 Å². The van der Waals surface area contributed by atoms with Crippen LogP contribution in [0.25, 0.3) is 0 Å². The molecule has 1 aromatic carbocycles. The van der Waals surface area contributed by atoms with Gasteiger partial charge in [-0.25, -0.2) is 4.79 Å². The fraction of sp³-hybridized carbons (Fsp3) is 0.429. The van der Waals surface area contributed by atoms with Gasteiger partial charge in [0, 0.05) is 6.42 Å². The Balaban J connectivity index is 1.61. The van der Waals surface area contributed by atoms with Crippen LogP contribution in [0.1, 0.15) is 24.8 Å². The molecule has 4 heteroatoms. The summed E-state index contributed by atoms with van der Waals surface area (Å²) in [6.07, 6.45) is 2.33. The molecular formula is C14H17NO3. The summed E-state index contributed by atoms with van der Waals surface area (Å²) in [5.41, 5.74) is 0.928. The summed E-state index contributed by atoms with van der Waals surface area (Å²) in [5, 5.41) is 2.48. The van der Waals surface area contributed by atoms with Crippen molar-refractivity contribution in [2.75, 3.05) is 6.54 Å². The summed E-state index contributed by atoms with van der Waals surface area (Å²) in [6.45, 7) is 0.299. The molecule has 0 atom stereocenters. The van der Waals surface area contributed by atoms with Gasteiger partial charge in [0.05, 0.1) is 6.54 Å². The molecule has 0 spiro atoms. The number of nitrogens with one attached hydrogen (secondary N) is 1. The highest BCUT2D eigenvalue weighted by Crippen LogP contribution is 2.32. The first-order valence-electron chi connectivity index (χ1n) is 6.20. The second kappa shape index (κ2) is 6.19. The smallest absolute Gasteiger partial charge is 0.407 e. The van der Waals surface area contributed by atoms with Crippen LogP contribution in [0.5, 0.6) is 0 Å². The average Bonchev–Trinajstić information content (AvgIpc) is 3.19. The maximum absolute atomic E-state index is 11.4. The Hall–Kier alpha value is -1.84. The number of benzene rings is 1. The fourth-order valence-corrected chi connectivity index (χ4v) is 1.66. The van der Waals surface area contributed by atoms with Crippen molar-refractivity contribution in [3.8, 4) is 0 Å². The molecule has 0 bridgehead atoms. The molecule has 0 saturated heterocycles. The highest BCUT2D eigenvalue weighted by molar-refractivity contribution is 5.84. The molecule has 1 aliphatic carbocycles. The maximum atomic E-state index is 11.4. The number of carbonyl (C=O) groups is 2. The van der Waals surface area contributed by atoms with Gasteiger partial charge < -0.3 is 10.1 Å². The SMILES string of the molecule is O=C(CNC(=O)OCc1ccccc1)CC1CC1. The number of ether oxygens (including phenoxy) is 1. The van der Waals surface area contributed by atoms with E-state index in [-0.39, 0.29) is 18.9 Å². The van der Waals surface area contributed by atoms with E-state index in [4.69, 9.17) is 4.74 Å². The van der Waals surface area contributed by atoms with Crippen molar-refractivity contribution in [1.82, 2.24) is 5.32 Å². The molecule has 0 heterocycles. The molecule has 2 rings (SSSR count). The minimum absolute atomic E-state index is 0.0735. The summed E-state index contributed by atoms with van der Waals surface area (Å²) in [6, 6.07) is 9.43. The van der Waals surface area contributed by atoms with E-state index in [1.54, 1.807) is 0 Å². The highest BCUT2D eigenvalue weighted by atomic mass is 16.5. The Bertz CT molecular complexity index is 412. The number of ketones is 1. The van der Waals surface area contributed by atoms with Gasteiger partial charge in [-0.2, -0.15) is 0 Å². The predicted molar refractivity (Wildman–Crippen MR) is 67.0 cm³/mol. The maximum Gasteiger partial charge on any atom is 0.407 e. The minimum Gasteiger partial charge on any atom is -0.445 e. The average molecular weight is 247 g/mol. The highest BCUT2D eigenvalue weighted by Gasteiger charge is 2.24. The Labute approximate surface area is 106 Å². The van der Waals surface area contributed by atoms with E-state index < -0.39 is 6.09 Å². The molecule has 0 radical (unpaired) electrons. The number of hydrogen-bond donors (Lipinski definition) is 1. The lowest BCUT2D eigenvalue weighted by atomic mass is 10.2. The van der Waals surface area contributed by atoms with Crippen molar-refractivity contribution in [2.45, 2.75) is 25.9 Å². The molecule has 4 nitrogen and oxygen atoms in total. The topological polar surface area (TPSA) is 55.4 Å². The van der Waals surface area contributed by atoms with Gasteiger partial charge >= 0.3 is 6.09 Å². The fourth-order valence-electron chi connectivity index (χ4n) is 1.66. The molecule has 1 N–H and O–H groups in total. The van der Waals surface area contributed by atoms with E-state index in [0.29, 0.717) is 12.3 Å². The van der Waals surface area contributed by atoms with Gasteiger partial charge in [-0.1, -0.05) is 30.3 Å². The van der Waals surface area contributed by atoms with E-state index in [2.05, 4.69) is 5.32 Å². The van der Waals surface area contributed by atoms with E-state index in [0.717, 1.165) is 18.4 Å². The quantitative estimate of drug-likeness (QED) is 0.839. The van der Waals surface area contributed by atoms with Crippen LogP contribution in [0.2, 0.25) is 0 Å². The largest absolute Gasteiger partial charge is 0.445 e. The Morgan fingerprint density at radius 1 is 1.22 bits per heavy atom. The van der Waals surface area contributed by atoms with E-state index in [9.17, 15) is 9.59 Å². The normalized spacial score (nSPS) is 14.0. The van der Waals surface area contributed by atoms with Crippen LogP contribution in [0.4, 0.5) is 4.79 Å². The van der Waals surface area contributed by atoms with Gasteiger partial charge in [-0.3, -0.25) is 4.79 Å². The molecular weight excluding hydrogens is 230 g/mol. The van der Waals surface area contributed by atoms with Gasteiger partial charge in [0.15, 0.2) is 5.78 Å². The number of amides is 1. The van der Waals surface area contributed by atoms with Gasteiger partial charge in [0.25, 0.3) is 0 Å². The molecule has 0 aromatic heterocycles. The summed E-state index contributed by atoms with van der Waals surface area (Å²) in [5.74, 6) is 0.633. The van der Waals surface area contributed by atoms with Crippen LogP contribution in [0.15, 0.2) is 30.3 Å². The second-order valence-electron chi connectivity index (χ2n) is 4.60. The lowest BCUT2D eigenvalue weighted by molar-refractivity contribution is -0.118. The minimum atomic E-state index is -0.539. The third-order valence-electron chi connectivity index (χ3n) is 2.86. The monoisotopic (exact) mass is 247 g/mol. The van der Waals surface area contributed by atoms with Crippen LogP contribution in [-0.2, 0) is 16.1 Å². The number of carbonyl (C=O) groups excluding carboxylic acids is 2. The van der Waals surface area contributed by atoms with Crippen molar-refractivity contribution in [3.63, 3.8) is 0 Å². The number of hydrogen-bond acceptors (Lipinski definition) is 3. The van der Waals surface area contributed by atoms with E-state index >= 15 is 0 Å². The molecule has 0 aliphatic heterocycles. The van der Waals surface area contributed by atoms with Gasteiger partial charge in [-0.05, 0) is 24.3 Å². The van der Waals surface area contributed by atoms with Crippen LogP contribution < -0.4 is 5.32 Å². The molecule has 96 valence electrons. The molecule has 1 aromatic rings. The summed E-state index contributed by atoms with van der Waals surface area (Å²) in [4.78, 5) is 22.7. The van der Waals surface area contributed by atoms with E-state index in [1.807, 2.05) is 30.3 Å². The molecule has 1 aliphatic rings. The molecule has 18 heavy (non-hydrogen) atoms. The Kier molecular flexibility index (Phi) is 4.34. The zero-order chi connectivity index (χ0) is 12.8. The third kappa shape index (κ3) is 4.57. The Morgan fingerprint density at radius 2 is 1.94 bits per heavy atom. The zero-order valence-electron chi connectivity index (χ0n) is 10.2. The second-order valence-corrected chi connectivity index (χ2v) is 4.60. The summed E-state index contributed by atoms with van der Waals surface area (Å²) in [7, 11) is 0. The lowest BCUT2D eigenvalue weighted by Gasteiger charge is -2.06. The molecule has 0 unspecified atom stereocenters. The third-order valence-corrected chi connectivity index (χ3v) is 2.86. The van der Waals surface area contributed by atoms with Gasteiger partial charge in [0.2, 0.25) is 0 Å². The molecule has 1 fully saturated rings. The van der Waals surface area contributed by atoms with Crippen LogP contribution >= 0.6 is 0 Å². The molecule has 1 saturated carbocycles. The number of Topliss-reactive ketones (excluding diaryl/α,β-unsaturated/α-hetero) is 1. The predicted octanol–water partition coefficient (Wildman–Crippen LogP) is 2.28. The number of rotatable bonds is 6. The Morgan fingerprint density at radius 3 is 2.61 bits per heavy atom. The van der Waals surface area contributed by atoms with Crippen LogP contribution in [0.3, 0.4) is 0 Å². The molecule has 1 amide bonds. The van der Waals surface area contributed by atoms with Crippen molar-refractivity contribution < 1.29 is 14.3 Å². The van der Waals surface area contributed by atoms with Crippen LogP contribution in [0, 0.1) is 5.92 Å². The lowest BCUT2D eigenvalue weighted by Crippen LogP contribution is -2.30. The standard InChI is InChI=1S/C14H17NO3/c16-13(8-11-6-7-11)9-15-14(17)18-10-12-4-2-1-3-5-12/h1-5,11H,6-10H2,(H,15,17). The number of alkyl carbamates (subject to hydrolysis) is 1. The summed E-state index contributed by atoms with van der Waals surface area (Å²) < 4.78 is 5.00. The van der Waals surface area contributed by atoms with Crippen molar-refractivity contribution >= 4 is 11.9 Å². The summed E-state index contributed by atoms with van der Waals surface area (Å²) >= 11 is 0. The first-order chi connectivity index (χ1) is 8.74. The van der Waals surface area contributed by atoms with Gasteiger partial charge in [0.1, 0.15) is 6.61 Å². The van der Waals surface area contributed by atoms with Crippen molar-refractivity contribution in [3.05, 3.63) is 35.9 Å². The van der Waals surface area contributed by atoms with E-state index in [1.165, 1.54) is 0 Å². The first-order valence-corrected chi connectivity index (χ1v) is 6.20. The zero-order valence-corrected chi connectivity index (χ0v) is 10.2. The first kappa shape index (κ1) is 12.6.